The number of halogens is 1. The quantitative estimate of drug-likeness (QED) is 0.629. The number of hydrogen-bond donors (Lipinski definition) is 0. The molecule has 0 spiro atoms. The summed E-state index contributed by atoms with van der Waals surface area (Å²) in [6, 6.07) is 14.6. The molecule has 1 saturated heterocycles. The van der Waals surface area contributed by atoms with Crippen molar-refractivity contribution in [2.75, 3.05) is 19.8 Å². The number of rotatable bonds is 4. The highest BCUT2D eigenvalue weighted by Gasteiger charge is 2.31. The first-order chi connectivity index (χ1) is 15.6. The van der Waals surface area contributed by atoms with Gasteiger partial charge in [-0.1, -0.05) is 18.2 Å². The van der Waals surface area contributed by atoms with Crippen molar-refractivity contribution in [3.8, 4) is 22.8 Å². The van der Waals surface area contributed by atoms with E-state index >= 15 is 0 Å². The zero-order valence-electron chi connectivity index (χ0n) is 17.4. The van der Waals surface area contributed by atoms with Gasteiger partial charge in [0.25, 0.3) is 5.56 Å². The fraction of sp³-hybridized carbons (Fsp3) is 0.292. The summed E-state index contributed by atoms with van der Waals surface area (Å²) in [5.41, 5.74) is 1.15. The van der Waals surface area contributed by atoms with E-state index in [1.165, 1.54) is 18.2 Å². The van der Waals surface area contributed by atoms with E-state index in [1.807, 2.05) is 18.2 Å². The molecule has 2 aliphatic rings. The summed E-state index contributed by atoms with van der Waals surface area (Å²) in [6.07, 6.45) is 1.69. The third-order valence-electron chi connectivity index (χ3n) is 5.83. The Morgan fingerprint density at radius 3 is 2.72 bits per heavy atom. The molecule has 32 heavy (non-hydrogen) atoms. The number of hydrogen-bond acceptors (Lipinski definition) is 5. The lowest BCUT2D eigenvalue weighted by molar-refractivity contribution is -0.133. The average Bonchev–Trinajstić information content (AvgIpc) is 3.31. The van der Waals surface area contributed by atoms with Crippen LogP contribution in [0.2, 0.25) is 0 Å². The summed E-state index contributed by atoms with van der Waals surface area (Å²) < 4.78 is 26.5. The normalized spacial score (nSPS) is 17.4. The number of aromatic nitrogens is 2. The van der Waals surface area contributed by atoms with E-state index < -0.39 is 11.4 Å². The first kappa shape index (κ1) is 20.2. The van der Waals surface area contributed by atoms with Crippen molar-refractivity contribution in [3.05, 3.63) is 76.3 Å². The number of fused-ring (bicyclic) bond motifs is 1. The minimum Gasteiger partial charge on any atom is -0.486 e. The summed E-state index contributed by atoms with van der Waals surface area (Å²) in [5.74, 6) is 0.748. The van der Waals surface area contributed by atoms with Crippen molar-refractivity contribution < 1.29 is 18.7 Å². The van der Waals surface area contributed by atoms with E-state index in [2.05, 4.69) is 5.10 Å². The number of nitrogens with zero attached hydrogens (tertiary/aromatic N) is 3. The Hall–Kier alpha value is -3.68. The minimum atomic E-state index is -0.435. The number of likely N-dealkylation sites (tertiary alicyclic amines) is 1. The van der Waals surface area contributed by atoms with Gasteiger partial charge < -0.3 is 14.4 Å². The maximum absolute atomic E-state index is 14.2. The number of benzene rings is 2. The van der Waals surface area contributed by atoms with E-state index in [-0.39, 0.29) is 24.1 Å². The molecule has 1 atom stereocenters. The Bertz CT molecular complexity index is 1230. The Kier molecular flexibility index (Phi) is 5.34. The Labute approximate surface area is 184 Å². The van der Waals surface area contributed by atoms with Gasteiger partial charge in [0.1, 0.15) is 25.6 Å². The Balaban J connectivity index is 1.38. The number of amides is 1. The van der Waals surface area contributed by atoms with Crippen LogP contribution in [0.3, 0.4) is 0 Å². The summed E-state index contributed by atoms with van der Waals surface area (Å²) >= 11 is 0. The number of ether oxygens (including phenoxy) is 2. The predicted molar refractivity (Wildman–Crippen MR) is 115 cm³/mol. The molecule has 0 saturated carbocycles. The van der Waals surface area contributed by atoms with Gasteiger partial charge in [0.2, 0.25) is 5.91 Å². The molecule has 7 nitrogen and oxygen atoms in total. The van der Waals surface area contributed by atoms with Crippen molar-refractivity contribution >= 4 is 5.91 Å². The van der Waals surface area contributed by atoms with Crippen LogP contribution in [-0.2, 0) is 11.3 Å². The molecule has 2 aromatic carbocycles. The first-order valence-corrected chi connectivity index (χ1v) is 10.6. The second kappa shape index (κ2) is 8.45. The van der Waals surface area contributed by atoms with Gasteiger partial charge in [-0.05, 0) is 48.7 Å². The van der Waals surface area contributed by atoms with E-state index in [0.29, 0.717) is 37.0 Å². The van der Waals surface area contributed by atoms with Crippen molar-refractivity contribution in [1.82, 2.24) is 14.7 Å². The average molecular weight is 435 g/mol. The molecule has 1 aromatic heterocycles. The van der Waals surface area contributed by atoms with Crippen molar-refractivity contribution in [1.29, 1.82) is 0 Å². The van der Waals surface area contributed by atoms with Crippen LogP contribution in [-0.4, -0.2) is 40.3 Å². The lowest BCUT2D eigenvalue weighted by atomic mass is 10.0. The maximum atomic E-state index is 14.2. The van der Waals surface area contributed by atoms with Gasteiger partial charge in [-0.3, -0.25) is 9.59 Å². The lowest BCUT2D eigenvalue weighted by Crippen LogP contribution is -2.37. The fourth-order valence-corrected chi connectivity index (χ4v) is 4.27. The van der Waals surface area contributed by atoms with Crippen LogP contribution in [0.1, 0.15) is 24.4 Å². The van der Waals surface area contributed by atoms with E-state index in [1.54, 1.807) is 23.1 Å². The van der Waals surface area contributed by atoms with E-state index in [0.717, 1.165) is 23.1 Å². The standard InChI is InChI=1S/C24H22FN3O4/c25-18-5-2-1-4-17(18)19-8-10-23(29)28(26-19)15-24(30)27-11-3-6-20(27)16-7-9-21-22(14-16)32-13-12-31-21/h1-2,4-5,7-10,14,20H,3,6,11-13,15H2. The highest BCUT2D eigenvalue weighted by molar-refractivity contribution is 5.77. The second-order valence-corrected chi connectivity index (χ2v) is 7.84. The third-order valence-corrected chi connectivity index (χ3v) is 5.83. The molecule has 0 N–H and O–H groups in total. The first-order valence-electron chi connectivity index (χ1n) is 10.6. The highest BCUT2D eigenvalue weighted by atomic mass is 19.1. The van der Waals surface area contributed by atoms with Crippen LogP contribution < -0.4 is 15.0 Å². The molecule has 1 amide bonds. The molecule has 164 valence electrons. The molecule has 1 fully saturated rings. The topological polar surface area (TPSA) is 73.7 Å². The zero-order chi connectivity index (χ0) is 22.1. The van der Waals surface area contributed by atoms with Crippen LogP contribution in [0.5, 0.6) is 11.5 Å². The molecule has 0 radical (unpaired) electrons. The molecular weight excluding hydrogens is 413 g/mol. The van der Waals surface area contributed by atoms with Crippen LogP contribution in [0.25, 0.3) is 11.3 Å². The van der Waals surface area contributed by atoms with Crippen LogP contribution in [0.15, 0.2) is 59.4 Å². The monoisotopic (exact) mass is 435 g/mol. The highest BCUT2D eigenvalue weighted by Crippen LogP contribution is 2.38. The van der Waals surface area contributed by atoms with Gasteiger partial charge in [0, 0.05) is 18.2 Å². The van der Waals surface area contributed by atoms with Gasteiger partial charge in [-0.25, -0.2) is 9.07 Å². The molecule has 2 aliphatic heterocycles. The summed E-state index contributed by atoms with van der Waals surface area (Å²) in [7, 11) is 0. The van der Waals surface area contributed by atoms with Gasteiger partial charge >= 0.3 is 0 Å². The molecule has 0 aliphatic carbocycles. The lowest BCUT2D eigenvalue weighted by Gasteiger charge is -2.27. The Morgan fingerprint density at radius 1 is 1.06 bits per heavy atom. The number of carbonyl (C=O) groups is 1. The minimum absolute atomic E-state index is 0.108. The van der Waals surface area contributed by atoms with Crippen molar-refractivity contribution in [3.63, 3.8) is 0 Å². The SMILES string of the molecule is O=C(Cn1nc(-c2ccccc2F)ccc1=O)N1CCCC1c1ccc2c(c1)OCCO2. The third kappa shape index (κ3) is 3.84. The predicted octanol–water partition coefficient (Wildman–Crippen LogP) is 3.18. The van der Waals surface area contributed by atoms with E-state index in [9.17, 15) is 14.0 Å². The van der Waals surface area contributed by atoms with Crippen LogP contribution in [0, 0.1) is 5.82 Å². The van der Waals surface area contributed by atoms with Crippen LogP contribution >= 0.6 is 0 Å². The smallest absolute Gasteiger partial charge is 0.267 e. The summed E-state index contributed by atoms with van der Waals surface area (Å²) in [4.78, 5) is 27.3. The molecule has 0 bridgehead atoms. The largest absolute Gasteiger partial charge is 0.486 e. The van der Waals surface area contributed by atoms with E-state index in [4.69, 9.17) is 9.47 Å². The summed E-state index contributed by atoms with van der Waals surface area (Å²) in [5, 5.41) is 4.25. The summed E-state index contributed by atoms with van der Waals surface area (Å²) in [6.45, 7) is 1.41. The zero-order valence-corrected chi connectivity index (χ0v) is 17.4. The van der Waals surface area contributed by atoms with Gasteiger partial charge in [0.15, 0.2) is 11.5 Å². The molecule has 8 heteroatoms. The molecular formula is C24H22FN3O4. The molecule has 3 heterocycles. The fourth-order valence-electron chi connectivity index (χ4n) is 4.27. The van der Waals surface area contributed by atoms with Gasteiger partial charge in [-0.2, -0.15) is 5.10 Å². The van der Waals surface area contributed by atoms with Crippen molar-refractivity contribution in [2.24, 2.45) is 0 Å². The van der Waals surface area contributed by atoms with Crippen LogP contribution in [0.4, 0.5) is 4.39 Å². The Morgan fingerprint density at radius 2 is 1.88 bits per heavy atom. The maximum Gasteiger partial charge on any atom is 0.267 e. The molecule has 5 rings (SSSR count). The van der Waals surface area contributed by atoms with Crippen molar-refractivity contribution in [2.45, 2.75) is 25.4 Å². The van der Waals surface area contributed by atoms with Gasteiger partial charge in [0.05, 0.1) is 11.7 Å². The number of carbonyl (C=O) groups excluding carboxylic acids is 1. The van der Waals surface area contributed by atoms with Gasteiger partial charge in [-0.15, -0.1) is 0 Å². The molecule has 1 unspecified atom stereocenters. The molecule has 3 aromatic rings. The second-order valence-electron chi connectivity index (χ2n) is 7.84.